The molecule has 1 amide bonds. The summed E-state index contributed by atoms with van der Waals surface area (Å²) in [6, 6.07) is -1.12. The number of hydrogen-bond donors (Lipinski definition) is 4. The second-order valence-electron chi connectivity index (χ2n) is 2.52. The summed E-state index contributed by atoms with van der Waals surface area (Å²) >= 11 is 0. The van der Waals surface area contributed by atoms with Crippen molar-refractivity contribution in [3.05, 3.63) is 0 Å². The molecule has 0 rings (SSSR count). The highest BCUT2D eigenvalue weighted by Crippen LogP contribution is 1.97. The van der Waals surface area contributed by atoms with E-state index in [0.717, 1.165) is 0 Å². The van der Waals surface area contributed by atoms with E-state index in [4.69, 9.17) is 10.2 Å². The largest absolute Gasteiger partial charge is 0.481 e. The number of carboxylic acids is 2. The Labute approximate surface area is 80.7 Å². The zero-order chi connectivity index (χ0) is 10.4. The van der Waals surface area contributed by atoms with Gasteiger partial charge in [0.2, 0.25) is 5.91 Å². The van der Waals surface area contributed by atoms with Gasteiger partial charge < -0.3 is 21.7 Å². The van der Waals surface area contributed by atoms with Crippen molar-refractivity contribution in [3.8, 4) is 0 Å². The third kappa shape index (κ3) is 7.04. The molecular formula is C7H14N2O5. The lowest BCUT2D eigenvalue weighted by Gasteiger charge is -2.10. The molecule has 0 aromatic carbocycles. The minimum atomic E-state index is -1.23. The predicted octanol–water partition coefficient (Wildman–Crippen LogP) is -0.397. The summed E-state index contributed by atoms with van der Waals surface area (Å²) in [4.78, 5) is 31.0. The summed E-state index contributed by atoms with van der Waals surface area (Å²) in [7, 11) is 0. The number of rotatable bonds is 5. The van der Waals surface area contributed by atoms with Gasteiger partial charge in [0.15, 0.2) is 0 Å². The number of carbonyl (C=O) groups is 3. The van der Waals surface area contributed by atoms with Gasteiger partial charge in [-0.05, 0) is 6.42 Å². The van der Waals surface area contributed by atoms with E-state index in [1.165, 1.54) is 6.92 Å². The van der Waals surface area contributed by atoms with E-state index in [0.29, 0.717) is 0 Å². The highest BCUT2D eigenvalue weighted by atomic mass is 16.4. The first-order chi connectivity index (χ1) is 5.93. The SMILES string of the molecule is CC(=O)NC(CCC(=O)O)C(=O)O.N. The van der Waals surface area contributed by atoms with E-state index in [1.807, 2.05) is 0 Å². The van der Waals surface area contributed by atoms with Crippen LogP contribution in [0.5, 0.6) is 0 Å². The average molecular weight is 206 g/mol. The fourth-order valence-electron chi connectivity index (χ4n) is 0.771. The van der Waals surface area contributed by atoms with Crippen LogP contribution < -0.4 is 11.5 Å². The van der Waals surface area contributed by atoms with Crippen LogP contribution >= 0.6 is 0 Å². The Morgan fingerprint density at radius 1 is 1.29 bits per heavy atom. The van der Waals surface area contributed by atoms with Crippen LogP contribution in [0.1, 0.15) is 19.8 Å². The Balaban J connectivity index is 0. The van der Waals surface area contributed by atoms with Crippen LogP contribution in [0.4, 0.5) is 0 Å². The van der Waals surface area contributed by atoms with E-state index in [2.05, 4.69) is 5.32 Å². The third-order valence-electron chi connectivity index (χ3n) is 1.32. The van der Waals surface area contributed by atoms with Crippen LogP contribution in [0.25, 0.3) is 0 Å². The summed E-state index contributed by atoms with van der Waals surface area (Å²) in [6.07, 6.45) is -0.387. The monoisotopic (exact) mass is 206 g/mol. The van der Waals surface area contributed by atoms with Crippen LogP contribution in [-0.2, 0) is 14.4 Å². The summed E-state index contributed by atoms with van der Waals surface area (Å²) in [6.45, 7) is 1.18. The molecule has 0 radical (unpaired) electrons. The van der Waals surface area contributed by atoms with Gasteiger partial charge in [-0.25, -0.2) is 4.79 Å². The summed E-state index contributed by atoms with van der Waals surface area (Å²) in [5, 5.41) is 18.9. The lowest BCUT2D eigenvalue weighted by atomic mass is 10.1. The van der Waals surface area contributed by atoms with Crippen molar-refractivity contribution in [2.75, 3.05) is 0 Å². The molecule has 6 N–H and O–H groups in total. The normalized spacial score (nSPS) is 10.9. The molecule has 0 spiro atoms. The molecule has 7 heteroatoms. The fraction of sp³-hybridized carbons (Fsp3) is 0.571. The lowest BCUT2D eigenvalue weighted by molar-refractivity contribution is -0.142. The van der Waals surface area contributed by atoms with Crippen LogP contribution in [0.15, 0.2) is 0 Å². The van der Waals surface area contributed by atoms with Crippen LogP contribution in [0.3, 0.4) is 0 Å². The fourth-order valence-corrected chi connectivity index (χ4v) is 0.771. The third-order valence-corrected chi connectivity index (χ3v) is 1.32. The van der Waals surface area contributed by atoms with Gasteiger partial charge >= 0.3 is 11.9 Å². The van der Waals surface area contributed by atoms with E-state index < -0.39 is 23.9 Å². The molecule has 1 unspecified atom stereocenters. The van der Waals surface area contributed by atoms with E-state index in [1.54, 1.807) is 0 Å². The summed E-state index contributed by atoms with van der Waals surface area (Å²) in [5.41, 5.74) is 0. The van der Waals surface area contributed by atoms with Crippen LogP contribution in [-0.4, -0.2) is 34.1 Å². The van der Waals surface area contributed by atoms with Crippen molar-refractivity contribution < 1.29 is 24.6 Å². The second-order valence-corrected chi connectivity index (χ2v) is 2.52. The predicted molar refractivity (Wildman–Crippen MR) is 47.1 cm³/mol. The van der Waals surface area contributed by atoms with E-state index in [9.17, 15) is 14.4 Å². The molecule has 0 saturated heterocycles. The molecule has 0 aromatic heterocycles. The Morgan fingerprint density at radius 3 is 2.07 bits per heavy atom. The standard InChI is InChI=1S/C7H11NO5.H3N/c1-4(9)8-5(7(12)13)2-3-6(10)11;/h5H,2-3H2,1H3,(H,8,9)(H,10,11)(H,12,13);1H3. The van der Waals surface area contributed by atoms with Gasteiger partial charge in [0.25, 0.3) is 0 Å². The Morgan fingerprint density at radius 2 is 1.79 bits per heavy atom. The molecule has 0 aliphatic rings. The zero-order valence-corrected chi connectivity index (χ0v) is 7.82. The van der Waals surface area contributed by atoms with Gasteiger partial charge in [0, 0.05) is 13.3 Å². The zero-order valence-electron chi connectivity index (χ0n) is 7.82. The Hall–Kier alpha value is -1.63. The maximum Gasteiger partial charge on any atom is 0.326 e. The van der Waals surface area contributed by atoms with Crippen molar-refractivity contribution in [2.45, 2.75) is 25.8 Å². The molecule has 82 valence electrons. The number of amides is 1. The van der Waals surface area contributed by atoms with Crippen molar-refractivity contribution in [1.82, 2.24) is 11.5 Å². The maximum atomic E-state index is 10.5. The number of hydrogen-bond acceptors (Lipinski definition) is 4. The molecular weight excluding hydrogens is 192 g/mol. The topological polar surface area (TPSA) is 139 Å². The first kappa shape index (κ1) is 14.9. The molecule has 0 aliphatic heterocycles. The number of carboxylic acid groups (broad SMARTS) is 2. The smallest absolute Gasteiger partial charge is 0.326 e. The van der Waals surface area contributed by atoms with Crippen LogP contribution in [0.2, 0.25) is 0 Å². The Bertz CT molecular complexity index is 228. The number of aliphatic carboxylic acids is 2. The second kappa shape index (κ2) is 6.84. The van der Waals surface area contributed by atoms with Crippen molar-refractivity contribution in [3.63, 3.8) is 0 Å². The van der Waals surface area contributed by atoms with Crippen molar-refractivity contribution in [2.24, 2.45) is 0 Å². The van der Waals surface area contributed by atoms with Crippen LogP contribution in [0, 0.1) is 0 Å². The highest BCUT2D eigenvalue weighted by molar-refractivity contribution is 5.82. The Kier molecular flexibility index (Phi) is 7.27. The van der Waals surface area contributed by atoms with Crippen molar-refractivity contribution in [1.29, 1.82) is 0 Å². The summed E-state index contributed by atoms with van der Waals surface area (Å²) < 4.78 is 0. The van der Waals surface area contributed by atoms with Gasteiger partial charge in [-0.15, -0.1) is 0 Å². The van der Waals surface area contributed by atoms with Gasteiger partial charge in [0.05, 0.1) is 0 Å². The molecule has 0 aromatic rings. The van der Waals surface area contributed by atoms with E-state index in [-0.39, 0.29) is 19.0 Å². The molecule has 7 nitrogen and oxygen atoms in total. The minimum absolute atomic E-state index is 0. The molecule has 14 heavy (non-hydrogen) atoms. The quantitative estimate of drug-likeness (QED) is 0.482. The van der Waals surface area contributed by atoms with E-state index >= 15 is 0 Å². The van der Waals surface area contributed by atoms with Gasteiger partial charge in [0.1, 0.15) is 6.04 Å². The molecule has 0 heterocycles. The van der Waals surface area contributed by atoms with Crippen molar-refractivity contribution >= 4 is 17.8 Å². The molecule has 0 bridgehead atoms. The van der Waals surface area contributed by atoms with Gasteiger partial charge in [-0.1, -0.05) is 0 Å². The lowest BCUT2D eigenvalue weighted by Crippen LogP contribution is -2.39. The van der Waals surface area contributed by atoms with Gasteiger partial charge in [-0.3, -0.25) is 9.59 Å². The molecule has 1 atom stereocenters. The molecule has 0 saturated carbocycles. The minimum Gasteiger partial charge on any atom is -0.481 e. The summed E-state index contributed by atoms with van der Waals surface area (Å²) in [5.74, 6) is -2.80. The highest BCUT2D eigenvalue weighted by Gasteiger charge is 2.18. The van der Waals surface area contributed by atoms with Gasteiger partial charge in [-0.2, -0.15) is 0 Å². The average Bonchev–Trinajstić information content (AvgIpc) is 1.96. The first-order valence-electron chi connectivity index (χ1n) is 3.65. The maximum absolute atomic E-state index is 10.5. The first-order valence-corrected chi connectivity index (χ1v) is 3.65. The molecule has 0 aliphatic carbocycles. The number of carbonyl (C=O) groups excluding carboxylic acids is 1. The number of nitrogens with one attached hydrogen (secondary N) is 1. The molecule has 0 fully saturated rings.